The van der Waals surface area contributed by atoms with Crippen LogP contribution in [0.4, 0.5) is 9.59 Å². The molecule has 2 aliphatic rings. The number of carbonyl (C=O) groups excluding carboxylic acids is 3. The lowest BCUT2D eigenvalue weighted by Gasteiger charge is -2.27. The number of phosphoric ester groups is 1. The molecule has 1 aromatic rings. The fourth-order valence-electron chi connectivity index (χ4n) is 3.44. The highest BCUT2D eigenvalue weighted by Gasteiger charge is 2.45. The SMILES string of the molecule is C[C@@](CCN1Cc2cc(C#CC#CC3(NC(=O)OCOP(=O)(O)O)CC3)cn2C1=O)(C(=O)NO)S(C)(=O)=O. The molecule has 38 heavy (non-hydrogen) atoms. The molecular formula is C21H25N4O11PS. The standard InChI is InChI=1S/C21H25N4O11PS/c1-20(17(26)23-29,38(2,33)34)9-10-24-13-16-11-15(12-25(16)19(24)28)5-3-4-6-21(7-8-21)22-18(27)35-14-36-37(30,31)32/h11-12,29H,7-10,13-14H2,1-2H3,(H,22,27)(H,23,26)(H2,30,31,32)/t20-/m1/s1. The van der Waals surface area contributed by atoms with E-state index in [-0.39, 0.29) is 19.5 Å². The van der Waals surface area contributed by atoms with Crippen LogP contribution < -0.4 is 10.8 Å². The molecule has 1 fully saturated rings. The van der Waals surface area contributed by atoms with E-state index in [0.29, 0.717) is 24.1 Å². The van der Waals surface area contributed by atoms with Crippen molar-refractivity contribution in [2.75, 3.05) is 19.6 Å². The molecule has 1 atom stereocenters. The van der Waals surface area contributed by atoms with Crippen LogP contribution >= 0.6 is 7.82 Å². The first kappa shape index (κ1) is 29.2. The summed E-state index contributed by atoms with van der Waals surface area (Å²) in [6.07, 6.45) is 2.24. The molecule has 0 radical (unpaired) electrons. The Kier molecular flexibility index (Phi) is 8.28. The number of rotatable bonds is 9. The average Bonchev–Trinajstić information content (AvgIpc) is 3.34. The third-order valence-corrected chi connectivity index (χ3v) is 8.53. The Balaban J connectivity index is 1.56. The van der Waals surface area contributed by atoms with Crippen molar-refractivity contribution in [3.63, 3.8) is 0 Å². The van der Waals surface area contributed by atoms with Gasteiger partial charge in [0.05, 0.1) is 6.54 Å². The van der Waals surface area contributed by atoms with Gasteiger partial charge in [0, 0.05) is 30.3 Å². The molecule has 0 aromatic carbocycles. The third kappa shape index (κ3) is 6.93. The van der Waals surface area contributed by atoms with Gasteiger partial charge in [-0.1, -0.05) is 11.8 Å². The Labute approximate surface area is 217 Å². The van der Waals surface area contributed by atoms with Crippen molar-refractivity contribution in [1.29, 1.82) is 0 Å². The average molecular weight is 572 g/mol. The molecule has 0 saturated heterocycles. The smallest absolute Gasteiger partial charge is 0.422 e. The number of hydrogen-bond donors (Lipinski definition) is 5. The summed E-state index contributed by atoms with van der Waals surface area (Å²) in [5.74, 6) is 9.73. The van der Waals surface area contributed by atoms with E-state index in [0.717, 1.165) is 6.26 Å². The first-order chi connectivity index (χ1) is 17.6. The van der Waals surface area contributed by atoms with E-state index < -0.39 is 52.8 Å². The van der Waals surface area contributed by atoms with Crippen molar-refractivity contribution in [2.24, 2.45) is 0 Å². The van der Waals surface area contributed by atoms with Crippen molar-refractivity contribution in [3.05, 3.63) is 23.5 Å². The van der Waals surface area contributed by atoms with Crippen molar-refractivity contribution in [1.82, 2.24) is 20.3 Å². The van der Waals surface area contributed by atoms with E-state index in [4.69, 9.17) is 15.0 Å². The van der Waals surface area contributed by atoms with Crippen LogP contribution in [0.2, 0.25) is 0 Å². The van der Waals surface area contributed by atoms with Crippen LogP contribution in [0.3, 0.4) is 0 Å². The topological polar surface area (TPSA) is 214 Å². The number of phosphoric acid groups is 1. The van der Waals surface area contributed by atoms with Crippen molar-refractivity contribution >= 4 is 35.7 Å². The van der Waals surface area contributed by atoms with Gasteiger partial charge in [-0.15, -0.1) is 0 Å². The monoisotopic (exact) mass is 572 g/mol. The molecule has 2 heterocycles. The van der Waals surface area contributed by atoms with Gasteiger partial charge in [-0.3, -0.25) is 14.6 Å². The molecule has 1 aliphatic heterocycles. The largest absolute Gasteiger partial charge is 0.472 e. The summed E-state index contributed by atoms with van der Waals surface area (Å²) in [5.41, 5.74) is 1.60. The molecule has 3 rings (SSSR count). The summed E-state index contributed by atoms with van der Waals surface area (Å²) in [6, 6.07) is 1.23. The number of amides is 3. The van der Waals surface area contributed by atoms with E-state index in [1.807, 2.05) is 0 Å². The number of nitrogens with zero attached hydrogens (tertiary/aromatic N) is 2. The third-order valence-electron chi connectivity index (χ3n) is 6.06. The predicted octanol–water partition coefficient (Wildman–Crippen LogP) is -0.349. The molecule has 206 valence electrons. The summed E-state index contributed by atoms with van der Waals surface area (Å²) in [4.78, 5) is 54.9. The number of sulfone groups is 1. The molecular weight excluding hydrogens is 547 g/mol. The summed E-state index contributed by atoms with van der Waals surface area (Å²) < 4.78 is 42.8. The Hall–Kier alpha value is -3.37. The van der Waals surface area contributed by atoms with Crippen LogP contribution in [0, 0.1) is 23.7 Å². The molecule has 5 N–H and O–H groups in total. The van der Waals surface area contributed by atoms with E-state index >= 15 is 0 Å². The van der Waals surface area contributed by atoms with E-state index in [1.54, 1.807) is 6.07 Å². The van der Waals surface area contributed by atoms with Gasteiger partial charge in [0.1, 0.15) is 5.54 Å². The van der Waals surface area contributed by atoms with Gasteiger partial charge in [-0.25, -0.2) is 32.6 Å². The maximum atomic E-state index is 12.7. The highest BCUT2D eigenvalue weighted by molar-refractivity contribution is 7.92. The lowest BCUT2D eigenvalue weighted by atomic mass is 10.1. The zero-order chi connectivity index (χ0) is 28.4. The molecule has 17 heteroatoms. The molecule has 3 amide bonds. The maximum Gasteiger partial charge on any atom is 0.472 e. The number of hydroxylamine groups is 1. The van der Waals surface area contributed by atoms with E-state index in [1.165, 1.54) is 28.1 Å². The van der Waals surface area contributed by atoms with Crippen LogP contribution in [0.1, 0.15) is 37.4 Å². The Bertz CT molecular complexity index is 1420. The van der Waals surface area contributed by atoms with Gasteiger partial charge in [0.15, 0.2) is 14.6 Å². The lowest BCUT2D eigenvalue weighted by Crippen LogP contribution is -2.50. The minimum Gasteiger partial charge on any atom is -0.422 e. The van der Waals surface area contributed by atoms with Gasteiger partial charge in [0.25, 0.3) is 5.91 Å². The zero-order valence-electron chi connectivity index (χ0n) is 20.3. The van der Waals surface area contributed by atoms with E-state index in [9.17, 15) is 27.4 Å². The Morgan fingerprint density at radius 1 is 1.29 bits per heavy atom. The number of alkyl carbamates (subject to hydrolysis) is 1. The number of ether oxygens (including phenoxy) is 1. The number of fused-ring (bicyclic) bond motifs is 1. The van der Waals surface area contributed by atoms with Gasteiger partial charge >= 0.3 is 19.9 Å². The van der Waals surface area contributed by atoms with Crippen LogP contribution in [0.25, 0.3) is 0 Å². The molecule has 0 spiro atoms. The number of carbonyl (C=O) groups is 3. The zero-order valence-corrected chi connectivity index (χ0v) is 22.0. The molecule has 1 aliphatic carbocycles. The van der Waals surface area contributed by atoms with Gasteiger partial charge < -0.3 is 24.7 Å². The van der Waals surface area contributed by atoms with E-state index in [2.05, 4.69) is 38.3 Å². The Morgan fingerprint density at radius 3 is 2.53 bits per heavy atom. The highest BCUT2D eigenvalue weighted by Crippen LogP contribution is 2.36. The van der Waals surface area contributed by atoms with Crippen LogP contribution in [0.15, 0.2) is 12.3 Å². The summed E-state index contributed by atoms with van der Waals surface area (Å²) >= 11 is 0. The fraction of sp³-hybridized carbons (Fsp3) is 0.476. The van der Waals surface area contributed by atoms with Crippen molar-refractivity contribution in [2.45, 2.75) is 43.0 Å². The number of nitrogens with one attached hydrogen (secondary N) is 2. The minimum absolute atomic E-state index is 0.0487. The maximum absolute atomic E-state index is 12.7. The normalized spacial score (nSPS) is 17.2. The fourth-order valence-corrected chi connectivity index (χ4v) is 4.48. The summed E-state index contributed by atoms with van der Waals surface area (Å²) in [7, 11) is -8.65. The molecule has 1 saturated carbocycles. The Morgan fingerprint density at radius 2 is 1.97 bits per heavy atom. The second-order valence-electron chi connectivity index (χ2n) is 8.86. The van der Waals surface area contributed by atoms with Crippen molar-refractivity contribution in [3.8, 4) is 23.7 Å². The quantitative estimate of drug-likeness (QED) is 0.0848. The van der Waals surface area contributed by atoms with Gasteiger partial charge in [-0.2, -0.15) is 0 Å². The highest BCUT2D eigenvalue weighted by atomic mass is 32.2. The molecule has 0 unspecified atom stereocenters. The van der Waals surface area contributed by atoms with Crippen LogP contribution in [0.5, 0.6) is 0 Å². The molecule has 0 bridgehead atoms. The molecule has 1 aromatic heterocycles. The van der Waals surface area contributed by atoms with Crippen molar-refractivity contribution < 1.29 is 51.6 Å². The second-order valence-corrected chi connectivity index (χ2v) is 12.5. The number of hydrogen-bond acceptors (Lipinski definition) is 9. The van der Waals surface area contributed by atoms with Gasteiger partial charge in [0.2, 0.25) is 6.79 Å². The first-order valence-electron chi connectivity index (χ1n) is 10.9. The second kappa shape index (κ2) is 10.8. The van der Waals surface area contributed by atoms with Gasteiger partial charge in [-0.05, 0) is 44.1 Å². The minimum atomic E-state index is -4.76. The predicted molar refractivity (Wildman–Crippen MR) is 128 cm³/mol. The van der Waals surface area contributed by atoms with Crippen LogP contribution in [-0.2, 0) is 35.0 Å². The summed E-state index contributed by atoms with van der Waals surface area (Å²) in [5, 5.41) is 11.4. The summed E-state index contributed by atoms with van der Waals surface area (Å²) in [6.45, 7) is 0.360. The first-order valence-corrected chi connectivity index (χ1v) is 14.3. The lowest BCUT2D eigenvalue weighted by molar-refractivity contribution is -0.131. The molecule has 15 nitrogen and oxygen atoms in total. The number of aromatic nitrogens is 1. The van der Waals surface area contributed by atoms with Crippen LogP contribution in [-0.4, -0.2) is 80.8 Å².